The molecule has 0 heterocycles. The van der Waals surface area contributed by atoms with Crippen molar-refractivity contribution in [1.29, 1.82) is 0 Å². The van der Waals surface area contributed by atoms with Gasteiger partial charge in [-0.3, -0.25) is 5.43 Å². The van der Waals surface area contributed by atoms with Crippen molar-refractivity contribution in [2.45, 2.75) is 18.3 Å². The number of hydrogen-bond acceptors (Lipinski definition) is 2. The van der Waals surface area contributed by atoms with Gasteiger partial charge in [-0.05, 0) is 46.9 Å². The number of rotatable bonds is 5. The molecule has 4 aromatic carbocycles. The lowest BCUT2D eigenvalue weighted by molar-refractivity contribution is 0.645. The van der Waals surface area contributed by atoms with Crippen molar-refractivity contribution in [2.75, 3.05) is 5.43 Å². The van der Waals surface area contributed by atoms with Crippen molar-refractivity contribution in [3.8, 4) is 0 Å². The van der Waals surface area contributed by atoms with Crippen molar-refractivity contribution < 1.29 is 0 Å². The smallest absolute Gasteiger partial charge is 0.0616 e. The minimum atomic E-state index is 0.261. The molecule has 0 spiro atoms. The van der Waals surface area contributed by atoms with Crippen LogP contribution >= 0.6 is 0 Å². The number of nitrogens with one attached hydrogen (secondary N) is 1. The predicted octanol–water partition coefficient (Wildman–Crippen LogP) is 7.51. The van der Waals surface area contributed by atoms with Gasteiger partial charge in [-0.15, -0.1) is 0 Å². The molecular formula is C30H26N2. The second-order valence-corrected chi connectivity index (χ2v) is 8.16. The summed E-state index contributed by atoms with van der Waals surface area (Å²) in [4.78, 5) is 0. The molecule has 2 heteroatoms. The molecule has 156 valence electrons. The van der Waals surface area contributed by atoms with Gasteiger partial charge in [0.1, 0.15) is 0 Å². The minimum Gasteiger partial charge on any atom is -0.278 e. The van der Waals surface area contributed by atoms with Crippen LogP contribution in [0.5, 0.6) is 0 Å². The summed E-state index contributed by atoms with van der Waals surface area (Å²) in [6, 6.07) is 42.6. The molecule has 0 fully saturated rings. The lowest BCUT2D eigenvalue weighted by atomic mass is 9.69. The topological polar surface area (TPSA) is 24.4 Å². The number of para-hydroxylation sites is 1. The summed E-state index contributed by atoms with van der Waals surface area (Å²) in [5.74, 6) is 0.562. The normalized spacial score (nSPS) is 19.4. The summed E-state index contributed by atoms with van der Waals surface area (Å²) in [6.07, 6.45) is 3.15. The maximum absolute atomic E-state index is 4.82. The third kappa shape index (κ3) is 4.40. The van der Waals surface area contributed by atoms with Crippen LogP contribution in [0, 0.1) is 0 Å². The highest BCUT2D eigenvalue weighted by Gasteiger charge is 2.33. The first-order valence-corrected chi connectivity index (χ1v) is 11.1. The highest BCUT2D eigenvalue weighted by atomic mass is 15.3. The highest BCUT2D eigenvalue weighted by molar-refractivity contribution is 6.05. The third-order valence-electron chi connectivity index (χ3n) is 6.08. The Morgan fingerprint density at radius 3 is 1.75 bits per heavy atom. The van der Waals surface area contributed by atoms with Crippen LogP contribution in [0.4, 0.5) is 5.69 Å². The SMILES string of the molecule is C1=C(c2ccccc2)C(c2ccccc2)C(c2ccccc2)CC1=NNc1ccccc1. The molecule has 0 aromatic heterocycles. The summed E-state index contributed by atoms with van der Waals surface area (Å²) in [7, 11) is 0. The average molecular weight is 415 g/mol. The van der Waals surface area contributed by atoms with E-state index in [0.29, 0.717) is 5.92 Å². The quantitative estimate of drug-likeness (QED) is 0.336. The van der Waals surface area contributed by atoms with Gasteiger partial charge in [-0.25, -0.2) is 0 Å². The van der Waals surface area contributed by atoms with Crippen molar-refractivity contribution in [2.24, 2.45) is 5.10 Å². The fraction of sp³-hybridized carbons (Fsp3) is 0.100. The van der Waals surface area contributed by atoms with Crippen molar-refractivity contribution in [3.63, 3.8) is 0 Å². The molecule has 2 unspecified atom stereocenters. The van der Waals surface area contributed by atoms with Crippen LogP contribution in [-0.2, 0) is 0 Å². The molecule has 0 saturated heterocycles. The van der Waals surface area contributed by atoms with Gasteiger partial charge in [0.05, 0.1) is 11.4 Å². The highest BCUT2D eigenvalue weighted by Crippen LogP contribution is 2.47. The largest absolute Gasteiger partial charge is 0.278 e. The Kier molecular flexibility index (Phi) is 5.93. The van der Waals surface area contributed by atoms with E-state index in [1.54, 1.807) is 0 Å². The van der Waals surface area contributed by atoms with E-state index in [1.165, 1.54) is 22.3 Å². The van der Waals surface area contributed by atoms with Crippen molar-refractivity contribution >= 4 is 17.0 Å². The fourth-order valence-corrected chi connectivity index (χ4v) is 4.59. The maximum Gasteiger partial charge on any atom is 0.0616 e. The molecule has 0 radical (unpaired) electrons. The van der Waals surface area contributed by atoms with Gasteiger partial charge in [0.15, 0.2) is 0 Å². The number of allylic oxidation sites excluding steroid dienone is 2. The van der Waals surface area contributed by atoms with E-state index in [4.69, 9.17) is 5.10 Å². The van der Waals surface area contributed by atoms with Gasteiger partial charge in [0.2, 0.25) is 0 Å². The first-order chi connectivity index (χ1) is 15.9. The first kappa shape index (κ1) is 20.0. The average Bonchev–Trinajstić information content (AvgIpc) is 2.89. The van der Waals surface area contributed by atoms with Gasteiger partial charge in [-0.2, -0.15) is 5.10 Å². The second-order valence-electron chi connectivity index (χ2n) is 8.16. The van der Waals surface area contributed by atoms with E-state index in [1.807, 2.05) is 30.3 Å². The van der Waals surface area contributed by atoms with Gasteiger partial charge >= 0.3 is 0 Å². The Morgan fingerprint density at radius 1 is 0.594 bits per heavy atom. The van der Waals surface area contributed by atoms with Crippen LogP contribution in [0.3, 0.4) is 0 Å². The monoisotopic (exact) mass is 414 g/mol. The molecular weight excluding hydrogens is 388 g/mol. The molecule has 5 rings (SSSR count). The first-order valence-electron chi connectivity index (χ1n) is 11.1. The lowest BCUT2D eigenvalue weighted by Crippen LogP contribution is -2.22. The number of anilines is 1. The standard InChI is InChI=1S/C30H26N2/c1-5-13-23(14-6-1)28-21-27(32-31-26-19-11-4-12-20-26)22-29(24-15-7-2-8-16-24)30(28)25-17-9-3-10-18-25/h1-21,29-31H,22H2. The fourth-order valence-electron chi connectivity index (χ4n) is 4.59. The number of hydrogen-bond donors (Lipinski definition) is 1. The van der Waals surface area contributed by atoms with Gasteiger partial charge in [0, 0.05) is 11.8 Å². The van der Waals surface area contributed by atoms with Crippen LogP contribution in [0.15, 0.2) is 133 Å². The molecule has 2 atom stereocenters. The summed E-state index contributed by atoms with van der Waals surface area (Å²) < 4.78 is 0. The molecule has 2 nitrogen and oxygen atoms in total. The number of hydrazone groups is 1. The molecule has 1 aliphatic rings. The van der Waals surface area contributed by atoms with E-state index in [-0.39, 0.29) is 5.92 Å². The zero-order chi connectivity index (χ0) is 21.6. The van der Waals surface area contributed by atoms with Crippen LogP contribution in [0.2, 0.25) is 0 Å². The molecule has 0 aliphatic heterocycles. The van der Waals surface area contributed by atoms with Gasteiger partial charge in [0.25, 0.3) is 0 Å². The summed E-state index contributed by atoms with van der Waals surface area (Å²) in [5, 5.41) is 4.82. The Labute approximate surface area is 190 Å². The zero-order valence-electron chi connectivity index (χ0n) is 17.9. The van der Waals surface area contributed by atoms with Crippen LogP contribution in [-0.4, -0.2) is 5.71 Å². The third-order valence-corrected chi connectivity index (χ3v) is 6.08. The molecule has 1 N–H and O–H groups in total. The van der Waals surface area contributed by atoms with Crippen molar-refractivity contribution in [1.82, 2.24) is 0 Å². The second kappa shape index (κ2) is 9.49. The lowest BCUT2D eigenvalue weighted by Gasteiger charge is -2.34. The summed E-state index contributed by atoms with van der Waals surface area (Å²) in [5.41, 5.74) is 10.6. The van der Waals surface area contributed by atoms with Crippen LogP contribution in [0.1, 0.15) is 34.9 Å². The maximum atomic E-state index is 4.82. The summed E-state index contributed by atoms with van der Waals surface area (Å²) in [6.45, 7) is 0. The molecule has 0 bridgehead atoms. The zero-order valence-corrected chi connectivity index (χ0v) is 17.9. The Morgan fingerprint density at radius 2 is 1.12 bits per heavy atom. The Bertz CT molecular complexity index is 1200. The van der Waals surface area contributed by atoms with E-state index in [0.717, 1.165) is 17.8 Å². The molecule has 4 aromatic rings. The molecule has 0 saturated carbocycles. The summed E-state index contributed by atoms with van der Waals surface area (Å²) >= 11 is 0. The number of benzene rings is 4. The van der Waals surface area contributed by atoms with E-state index < -0.39 is 0 Å². The van der Waals surface area contributed by atoms with Gasteiger partial charge in [-0.1, -0.05) is 109 Å². The molecule has 32 heavy (non-hydrogen) atoms. The van der Waals surface area contributed by atoms with E-state index in [2.05, 4.69) is 102 Å². The minimum absolute atomic E-state index is 0.261. The molecule has 0 amide bonds. The van der Waals surface area contributed by atoms with E-state index in [9.17, 15) is 0 Å². The predicted molar refractivity (Wildman–Crippen MR) is 135 cm³/mol. The van der Waals surface area contributed by atoms with Crippen LogP contribution in [0.25, 0.3) is 5.57 Å². The molecule has 1 aliphatic carbocycles. The van der Waals surface area contributed by atoms with Gasteiger partial charge < -0.3 is 0 Å². The Hall–Kier alpha value is -3.91. The van der Waals surface area contributed by atoms with Crippen LogP contribution < -0.4 is 5.43 Å². The van der Waals surface area contributed by atoms with Crippen molar-refractivity contribution in [3.05, 3.63) is 144 Å². The van der Waals surface area contributed by atoms with E-state index >= 15 is 0 Å². The number of nitrogens with zero attached hydrogens (tertiary/aromatic N) is 1. The Balaban J connectivity index is 1.63.